The fraction of sp³-hybridized carbons (Fsp3) is 0.333. The molecule has 2 aromatic rings. The Bertz CT molecular complexity index is 1010. The zero-order valence-electron chi connectivity index (χ0n) is 15.1. The van der Waals surface area contributed by atoms with Crippen molar-refractivity contribution in [2.45, 2.75) is 24.8 Å². The maximum absolute atomic E-state index is 12.7. The Labute approximate surface area is 162 Å². The molecule has 2 amide bonds. The number of fused-ring (bicyclic) bond motifs is 1. The van der Waals surface area contributed by atoms with Gasteiger partial charge >= 0.3 is 0 Å². The molecule has 9 heteroatoms. The highest BCUT2D eigenvalue weighted by molar-refractivity contribution is 7.91. The van der Waals surface area contributed by atoms with E-state index in [0.29, 0.717) is 23.5 Å². The SMILES string of the molecule is CCS(=O)(=O)c1cccc(C(=O)Nc2sc3c(c2C(N)=O)CCN(C)C3)c1. The summed E-state index contributed by atoms with van der Waals surface area (Å²) in [6.45, 7) is 3.06. The van der Waals surface area contributed by atoms with Gasteiger partial charge in [0.2, 0.25) is 0 Å². The normalized spacial score (nSPS) is 14.6. The summed E-state index contributed by atoms with van der Waals surface area (Å²) in [7, 11) is -1.42. The van der Waals surface area contributed by atoms with Gasteiger partial charge in [-0.3, -0.25) is 9.59 Å². The van der Waals surface area contributed by atoms with Gasteiger partial charge in [0.25, 0.3) is 11.8 Å². The number of nitrogens with two attached hydrogens (primary N) is 1. The molecule has 1 aliphatic heterocycles. The molecular weight excluding hydrogens is 386 g/mol. The molecule has 0 radical (unpaired) electrons. The summed E-state index contributed by atoms with van der Waals surface area (Å²) < 4.78 is 24.1. The van der Waals surface area contributed by atoms with E-state index >= 15 is 0 Å². The number of hydrogen-bond acceptors (Lipinski definition) is 6. The van der Waals surface area contributed by atoms with Gasteiger partial charge in [-0.25, -0.2) is 8.42 Å². The van der Waals surface area contributed by atoms with Crippen molar-refractivity contribution >= 4 is 38.0 Å². The number of benzene rings is 1. The Morgan fingerprint density at radius 3 is 2.74 bits per heavy atom. The van der Waals surface area contributed by atoms with Gasteiger partial charge in [0.1, 0.15) is 5.00 Å². The van der Waals surface area contributed by atoms with Gasteiger partial charge in [-0.15, -0.1) is 11.3 Å². The van der Waals surface area contributed by atoms with Crippen molar-refractivity contribution in [2.75, 3.05) is 24.7 Å². The predicted molar refractivity (Wildman–Crippen MR) is 105 cm³/mol. The zero-order valence-corrected chi connectivity index (χ0v) is 16.7. The number of likely N-dealkylation sites (N-methyl/N-ethyl adjacent to an activating group) is 1. The van der Waals surface area contributed by atoms with Crippen LogP contribution in [0.1, 0.15) is 38.1 Å². The Kier molecular flexibility index (Phi) is 5.36. The second-order valence-electron chi connectivity index (χ2n) is 6.45. The standard InChI is InChI=1S/C18H21N3O4S2/c1-3-27(24,25)12-6-4-5-11(9-12)17(23)20-18-15(16(19)22)13-7-8-21(2)10-14(13)26-18/h4-6,9H,3,7-8,10H2,1-2H3,(H2,19,22)(H,20,23). The second-order valence-corrected chi connectivity index (χ2v) is 9.83. The topological polar surface area (TPSA) is 110 Å². The summed E-state index contributed by atoms with van der Waals surface area (Å²) >= 11 is 1.34. The van der Waals surface area contributed by atoms with Crippen LogP contribution in [0.25, 0.3) is 0 Å². The third-order valence-electron chi connectivity index (χ3n) is 4.56. The van der Waals surface area contributed by atoms with Crippen molar-refractivity contribution in [3.05, 3.63) is 45.8 Å². The molecule has 2 heterocycles. The van der Waals surface area contributed by atoms with Gasteiger partial charge < -0.3 is 16.0 Å². The largest absolute Gasteiger partial charge is 0.365 e. The number of hydrogen-bond donors (Lipinski definition) is 2. The molecule has 1 aromatic carbocycles. The van der Waals surface area contributed by atoms with E-state index in [1.165, 1.54) is 35.6 Å². The van der Waals surface area contributed by atoms with Gasteiger partial charge in [-0.2, -0.15) is 0 Å². The van der Waals surface area contributed by atoms with E-state index in [-0.39, 0.29) is 16.2 Å². The number of amides is 2. The van der Waals surface area contributed by atoms with Gasteiger partial charge in [0.15, 0.2) is 9.84 Å². The minimum absolute atomic E-state index is 0.0466. The van der Waals surface area contributed by atoms with Crippen LogP contribution in [0.4, 0.5) is 5.00 Å². The first-order valence-corrected chi connectivity index (χ1v) is 11.0. The number of carbonyl (C=O) groups is 2. The first kappa shape index (κ1) is 19.5. The lowest BCUT2D eigenvalue weighted by atomic mass is 10.0. The van der Waals surface area contributed by atoms with Gasteiger partial charge in [-0.05, 0) is 37.2 Å². The van der Waals surface area contributed by atoms with E-state index in [1.54, 1.807) is 6.92 Å². The van der Waals surface area contributed by atoms with Gasteiger partial charge in [0.05, 0.1) is 16.2 Å². The number of carbonyl (C=O) groups excluding carboxylic acids is 2. The molecule has 3 N–H and O–H groups in total. The third-order valence-corrected chi connectivity index (χ3v) is 7.42. The Hall–Kier alpha value is -2.23. The first-order chi connectivity index (χ1) is 12.7. The van der Waals surface area contributed by atoms with Crippen molar-refractivity contribution in [1.29, 1.82) is 0 Å². The van der Waals surface area contributed by atoms with Gasteiger partial charge in [0, 0.05) is 23.5 Å². The van der Waals surface area contributed by atoms with Crippen LogP contribution in [0.15, 0.2) is 29.2 Å². The second kappa shape index (κ2) is 7.41. The van der Waals surface area contributed by atoms with E-state index in [2.05, 4.69) is 10.2 Å². The van der Waals surface area contributed by atoms with E-state index in [9.17, 15) is 18.0 Å². The highest BCUT2D eigenvalue weighted by Gasteiger charge is 2.27. The summed E-state index contributed by atoms with van der Waals surface area (Å²) in [5.74, 6) is -1.10. The molecule has 1 aliphatic rings. The smallest absolute Gasteiger partial charge is 0.256 e. The van der Waals surface area contributed by atoms with Crippen molar-refractivity contribution < 1.29 is 18.0 Å². The van der Waals surface area contributed by atoms with Crippen LogP contribution in [0.3, 0.4) is 0 Å². The minimum Gasteiger partial charge on any atom is -0.365 e. The summed E-state index contributed by atoms with van der Waals surface area (Å²) in [4.78, 5) is 27.9. The maximum Gasteiger partial charge on any atom is 0.256 e. The number of thiophene rings is 1. The lowest BCUT2D eigenvalue weighted by molar-refractivity contribution is 0.1000. The molecule has 0 fully saturated rings. The monoisotopic (exact) mass is 407 g/mol. The quantitative estimate of drug-likeness (QED) is 0.786. The van der Waals surface area contributed by atoms with Crippen LogP contribution in [0, 0.1) is 0 Å². The molecule has 144 valence electrons. The van der Waals surface area contributed by atoms with Crippen molar-refractivity contribution in [3.63, 3.8) is 0 Å². The maximum atomic E-state index is 12.7. The van der Waals surface area contributed by atoms with E-state index in [4.69, 9.17) is 5.73 Å². The third kappa shape index (κ3) is 3.90. The lowest BCUT2D eigenvalue weighted by Gasteiger charge is -2.22. The lowest BCUT2D eigenvalue weighted by Crippen LogP contribution is -2.27. The molecule has 7 nitrogen and oxygen atoms in total. The van der Waals surface area contributed by atoms with Crippen molar-refractivity contribution in [1.82, 2.24) is 4.90 Å². The Morgan fingerprint density at radius 2 is 2.07 bits per heavy atom. The van der Waals surface area contributed by atoms with Crippen LogP contribution >= 0.6 is 11.3 Å². The van der Waals surface area contributed by atoms with Crippen molar-refractivity contribution in [3.8, 4) is 0 Å². The molecule has 0 saturated carbocycles. The minimum atomic E-state index is -3.41. The van der Waals surface area contributed by atoms with Crippen LogP contribution in [0.2, 0.25) is 0 Å². The molecule has 3 rings (SSSR count). The van der Waals surface area contributed by atoms with Crippen LogP contribution in [-0.4, -0.2) is 44.5 Å². The van der Waals surface area contributed by atoms with Crippen molar-refractivity contribution in [2.24, 2.45) is 5.73 Å². The van der Waals surface area contributed by atoms with Crippen LogP contribution in [-0.2, 0) is 22.8 Å². The Balaban J connectivity index is 1.93. The van der Waals surface area contributed by atoms with Gasteiger partial charge in [-0.1, -0.05) is 13.0 Å². The summed E-state index contributed by atoms with van der Waals surface area (Å²) in [5, 5.41) is 3.16. The highest BCUT2D eigenvalue weighted by Crippen LogP contribution is 2.36. The molecule has 0 saturated heterocycles. The average molecular weight is 408 g/mol. The number of nitrogens with one attached hydrogen (secondary N) is 1. The van der Waals surface area contributed by atoms with Crippen LogP contribution < -0.4 is 11.1 Å². The molecule has 0 unspecified atom stereocenters. The Morgan fingerprint density at radius 1 is 1.33 bits per heavy atom. The van der Waals surface area contributed by atoms with E-state index in [0.717, 1.165) is 17.0 Å². The molecule has 0 atom stereocenters. The van der Waals surface area contributed by atoms with E-state index < -0.39 is 21.7 Å². The number of anilines is 1. The average Bonchev–Trinajstić information content (AvgIpc) is 2.98. The first-order valence-electron chi connectivity index (χ1n) is 8.50. The molecule has 0 aliphatic carbocycles. The molecule has 0 bridgehead atoms. The number of nitrogens with zero attached hydrogens (tertiary/aromatic N) is 1. The number of primary amides is 1. The fourth-order valence-corrected chi connectivity index (χ4v) is 5.31. The fourth-order valence-electron chi connectivity index (χ4n) is 3.05. The molecule has 27 heavy (non-hydrogen) atoms. The number of sulfone groups is 1. The summed E-state index contributed by atoms with van der Waals surface area (Å²) in [6, 6.07) is 5.87. The summed E-state index contributed by atoms with van der Waals surface area (Å²) in [6.07, 6.45) is 0.695. The molecule has 0 spiro atoms. The summed E-state index contributed by atoms with van der Waals surface area (Å²) in [5.41, 5.74) is 7.01. The molecular formula is C18H21N3O4S2. The predicted octanol–water partition coefficient (Wildman–Crippen LogP) is 1.88. The highest BCUT2D eigenvalue weighted by atomic mass is 32.2. The number of rotatable bonds is 5. The van der Waals surface area contributed by atoms with Crippen LogP contribution in [0.5, 0.6) is 0 Å². The zero-order chi connectivity index (χ0) is 19.8. The molecule has 1 aromatic heterocycles. The van der Waals surface area contributed by atoms with E-state index in [1.807, 2.05) is 7.05 Å².